The molecule has 0 bridgehead atoms. The molecule has 1 aromatic rings. The summed E-state index contributed by atoms with van der Waals surface area (Å²) >= 11 is 0. The first kappa shape index (κ1) is 15.5. The fraction of sp³-hybridized carbons (Fsp3) is 0.647. The molecule has 1 saturated heterocycles. The highest BCUT2D eigenvalue weighted by Gasteiger charge is 2.19. The number of nitrogens with two attached hydrogens (primary N) is 1. The molecule has 1 aliphatic heterocycles. The maximum atomic E-state index is 5.86. The van der Waals surface area contributed by atoms with Crippen LogP contribution in [-0.4, -0.2) is 37.2 Å². The van der Waals surface area contributed by atoms with Gasteiger partial charge in [-0.1, -0.05) is 31.2 Å². The lowest BCUT2D eigenvalue weighted by Gasteiger charge is -2.32. The van der Waals surface area contributed by atoms with Crippen LogP contribution >= 0.6 is 0 Å². The molecule has 3 heteroatoms. The molecule has 0 unspecified atom stereocenters. The Balaban J connectivity index is 1.76. The van der Waals surface area contributed by atoms with Gasteiger partial charge in [-0.2, -0.15) is 0 Å². The van der Waals surface area contributed by atoms with Gasteiger partial charge in [0.15, 0.2) is 0 Å². The third-order valence-electron chi connectivity index (χ3n) is 4.13. The van der Waals surface area contributed by atoms with Gasteiger partial charge in [-0.3, -0.25) is 4.90 Å². The van der Waals surface area contributed by atoms with Gasteiger partial charge in [-0.25, -0.2) is 0 Å². The number of piperidine rings is 1. The van der Waals surface area contributed by atoms with Crippen LogP contribution in [0.25, 0.3) is 0 Å². The molecule has 1 fully saturated rings. The number of aryl methyl sites for hydroxylation is 1. The van der Waals surface area contributed by atoms with Crippen molar-refractivity contribution in [3.05, 3.63) is 35.4 Å². The van der Waals surface area contributed by atoms with Gasteiger partial charge >= 0.3 is 0 Å². The molecule has 0 aromatic heterocycles. The number of hydrogen-bond donors (Lipinski definition) is 1. The van der Waals surface area contributed by atoms with E-state index in [9.17, 15) is 0 Å². The topological polar surface area (TPSA) is 38.5 Å². The molecule has 0 spiro atoms. The third-order valence-corrected chi connectivity index (χ3v) is 4.13. The van der Waals surface area contributed by atoms with E-state index in [0.29, 0.717) is 6.10 Å². The minimum Gasteiger partial charge on any atom is -0.378 e. The summed E-state index contributed by atoms with van der Waals surface area (Å²) in [7, 11) is 0. The Bertz CT molecular complexity index is 386. The lowest BCUT2D eigenvalue weighted by Crippen LogP contribution is -2.37. The summed E-state index contributed by atoms with van der Waals surface area (Å²) in [5, 5.41) is 0. The highest BCUT2D eigenvalue weighted by atomic mass is 16.5. The van der Waals surface area contributed by atoms with E-state index in [2.05, 4.69) is 36.1 Å². The lowest BCUT2D eigenvalue weighted by atomic mass is 10.0. The highest BCUT2D eigenvalue weighted by molar-refractivity contribution is 5.26. The molecule has 0 saturated carbocycles. The Hall–Kier alpha value is -0.900. The Morgan fingerprint density at radius 1 is 1.20 bits per heavy atom. The number of nitrogens with zero attached hydrogens (tertiary/aromatic N) is 1. The third kappa shape index (κ3) is 4.58. The van der Waals surface area contributed by atoms with Gasteiger partial charge in [0.05, 0.1) is 6.10 Å². The van der Waals surface area contributed by atoms with E-state index in [1.807, 2.05) is 0 Å². The Kier molecular flexibility index (Phi) is 6.51. The van der Waals surface area contributed by atoms with E-state index >= 15 is 0 Å². The fourth-order valence-electron chi connectivity index (χ4n) is 2.86. The first-order valence-corrected chi connectivity index (χ1v) is 7.94. The molecule has 0 amide bonds. The van der Waals surface area contributed by atoms with Crippen molar-refractivity contribution in [2.75, 3.05) is 26.2 Å². The summed E-state index contributed by atoms with van der Waals surface area (Å²) in [6, 6.07) is 8.80. The van der Waals surface area contributed by atoms with Crippen molar-refractivity contribution in [1.29, 1.82) is 0 Å². The maximum Gasteiger partial charge on any atom is 0.0599 e. The zero-order valence-electron chi connectivity index (χ0n) is 12.7. The molecule has 20 heavy (non-hydrogen) atoms. The monoisotopic (exact) mass is 276 g/mol. The van der Waals surface area contributed by atoms with E-state index in [4.69, 9.17) is 10.5 Å². The zero-order valence-corrected chi connectivity index (χ0v) is 12.7. The molecule has 2 rings (SSSR count). The largest absolute Gasteiger partial charge is 0.378 e. The summed E-state index contributed by atoms with van der Waals surface area (Å²) in [5.41, 5.74) is 8.46. The van der Waals surface area contributed by atoms with Crippen LogP contribution in [0.4, 0.5) is 0 Å². The quantitative estimate of drug-likeness (QED) is 0.778. The second-order valence-electron chi connectivity index (χ2n) is 5.61. The van der Waals surface area contributed by atoms with E-state index in [-0.39, 0.29) is 0 Å². The molecule has 0 radical (unpaired) electrons. The van der Waals surface area contributed by atoms with Gasteiger partial charge < -0.3 is 10.5 Å². The second kappa shape index (κ2) is 8.40. The molecule has 2 N–H and O–H groups in total. The number of rotatable bonds is 7. The van der Waals surface area contributed by atoms with Crippen LogP contribution in [0.15, 0.2) is 24.3 Å². The molecule has 1 heterocycles. The van der Waals surface area contributed by atoms with Crippen LogP contribution < -0.4 is 5.73 Å². The first-order valence-electron chi connectivity index (χ1n) is 7.94. The number of likely N-dealkylation sites (tertiary alicyclic amines) is 1. The zero-order chi connectivity index (χ0) is 14.2. The summed E-state index contributed by atoms with van der Waals surface area (Å²) in [6.45, 7) is 7.15. The molecule has 1 aliphatic rings. The van der Waals surface area contributed by atoms with Crippen molar-refractivity contribution >= 4 is 0 Å². The number of benzene rings is 1. The van der Waals surface area contributed by atoms with Crippen LogP contribution in [0.2, 0.25) is 0 Å². The molecule has 0 atom stereocenters. The van der Waals surface area contributed by atoms with Crippen molar-refractivity contribution in [1.82, 2.24) is 4.90 Å². The fourth-order valence-corrected chi connectivity index (χ4v) is 2.86. The normalized spacial score (nSPS) is 17.5. The van der Waals surface area contributed by atoms with Gasteiger partial charge in [0, 0.05) is 26.2 Å². The average molecular weight is 276 g/mol. The van der Waals surface area contributed by atoms with E-state index in [0.717, 1.165) is 58.5 Å². The minimum atomic E-state index is 0.444. The first-order chi connectivity index (χ1) is 9.83. The predicted molar refractivity (Wildman–Crippen MR) is 83.7 cm³/mol. The molecule has 3 nitrogen and oxygen atoms in total. The van der Waals surface area contributed by atoms with Crippen molar-refractivity contribution in [3.8, 4) is 0 Å². The van der Waals surface area contributed by atoms with Crippen molar-refractivity contribution < 1.29 is 4.74 Å². The van der Waals surface area contributed by atoms with Gasteiger partial charge in [-0.15, -0.1) is 0 Å². The highest BCUT2D eigenvalue weighted by Crippen LogP contribution is 2.18. The van der Waals surface area contributed by atoms with Gasteiger partial charge in [0.2, 0.25) is 0 Å². The van der Waals surface area contributed by atoms with E-state index in [1.165, 1.54) is 11.1 Å². The SMILES string of the molecule is CCc1ccccc1CN1CCC(OCCCN)CC1. The standard InChI is InChI=1S/C17H28N2O/c1-2-15-6-3-4-7-16(15)14-19-11-8-17(9-12-19)20-13-5-10-18/h3-4,6-7,17H,2,5,8-14,18H2,1H3. The van der Waals surface area contributed by atoms with E-state index in [1.54, 1.807) is 0 Å². The molecule has 1 aromatic carbocycles. The smallest absolute Gasteiger partial charge is 0.0599 e. The van der Waals surface area contributed by atoms with Gasteiger partial charge in [0.1, 0.15) is 0 Å². The molecule has 0 aliphatic carbocycles. The van der Waals surface area contributed by atoms with E-state index < -0.39 is 0 Å². The number of hydrogen-bond acceptors (Lipinski definition) is 3. The van der Waals surface area contributed by atoms with Crippen LogP contribution in [0.1, 0.15) is 37.3 Å². The van der Waals surface area contributed by atoms with Crippen LogP contribution in [0.5, 0.6) is 0 Å². The van der Waals surface area contributed by atoms with Gasteiger partial charge in [-0.05, 0) is 43.4 Å². The molecular weight excluding hydrogens is 248 g/mol. The van der Waals surface area contributed by atoms with Crippen molar-refractivity contribution in [2.45, 2.75) is 45.3 Å². The summed E-state index contributed by atoms with van der Waals surface area (Å²) in [4.78, 5) is 2.55. The summed E-state index contributed by atoms with van der Waals surface area (Å²) in [6.07, 6.45) is 4.84. The predicted octanol–water partition coefficient (Wildman–Crippen LogP) is 2.58. The van der Waals surface area contributed by atoms with Crippen LogP contribution in [0.3, 0.4) is 0 Å². The molecule has 112 valence electrons. The Labute approximate surface area is 123 Å². The Morgan fingerprint density at radius 3 is 2.55 bits per heavy atom. The van der Waals surface area contributed by atoms with Gasteiger partial charge in [0.25, 0.3) is 0 Å². The summed E-state index contributed by atoms with van der Waals surface area (Å²) < 4.78 is 5.86. The summed E-state index contributed by atoms with van der Waals surface area (Å²) in [5.74, 6) is 0. The second-order valence-corrected chi connectivity index (χ2v) is 5.61. The maximum absolute atomic E-state index is 5.86. The Morgan fingerprint density at radius 2 is 1.90 bits per heavy atom. The van der Waals surface area contributed by atoms with Crippen LogP contribution in [0, 0.1) is 0 Å². The minimum absolute atomic E-state index is 0.444. The van der Waals surface area contributed by atoms with Crippen LogP contribution in [-0.2, 0) is 17.7 Å². The molecular formula is C17H28N2O. The van der Waals surface area contributed by atoms with Crippen molar-refractivity contribution in [2.24, 2.45) is 5.73 Å². The number of ether oxygens (including phenoxy) is 1. The average Bonchev–Trinajstić information content (AvgIpc) is 2.50. The lowest BCUT2D eigenvalue weighted by molar-refractivity contribution is 0.00559. The van der Waals surface area contributed by atoms with Crippen molar-refractivity contribution in [3.63, 3.8) is 0 Å².